The van der Waals surface area contributed by atoms with Gasteiger partial charge < -0.3 is 20.1 Å². The van der Waals surface area contributed by atoms with Crippen molar-refractivity contribution in [1.29, 1.82) is 5.26 Å². The quantitative estimate of drug-likeness (QED) is 0.575. The molecule has 2 heterocycles. The molecule has 0 atom stereocenters. The monoisotopic (exact) mass is 446 g/mol. The van der Waals surface area contributed by atoms with Gasteiger partial charge in [0.25, 0.3) is 0 Å². The molecule has 1 aliphatic rings. The van der Waals surface area contributed by atoms with Crippen molar-refractivity contribution < 1.29 is 19.0 Å². The minimum atomic E-state index is -1.02. The molecule has 2 N–H and O–H groups in total. The van der Waals surface area contributed by atoms with Crippen LogP contribution in [0.15, 0.2) is 60.7 Å². The number of nitriles is 1. The third kappa shape index (κ3) is 5.57. The molecule has 1 fully saturated rings. The maximum absolute atomic E-state index is 14.3. The lowest BCUT2D eigenvalue weighted by molar-refractivity contribution is 0.187. The molecule has 0 bridgehead atoms. The number of hydrogen-bond donors (Lipinski definition) is 2. The predicted octanol–water partition coefficient (Wildman–Crippen LogP) is 4.57. The zero-order valence-electron chi connectivity index (χ0n) is 17.9. The van der Waals surface area contributed by atoms with Gasteiger partial charge in [-0.3, -0.25) is 0 Å². The van der Waals surface area contributed by atoms with Gasteiger partial charge in [0, 0.05) is 36.8 Å². The minimum Gasteiger partial charge on any atom is -0.489 e. The first-order valence-corrected chi connectivity index (χ1v) is 10.6. The summed E-state index contributed by atoms with van der Waals surface area (Å²) in [7, 11) is 0. The van der Waals surface area contributed by atoms with E-state index in [4.69, 9.17) is 20.1 Å². The topological polar surface area (TPSA) is 98.5 Å². The van der Waals surface area contributed by atoms with Crippen LogP contribution in [0.2, 0.25) is 0 Å². The average molecular weight is 446 g/mol. The summed E-state index contributed by atoms with van der Waals surface area (Å²) in [5.41, 5.74) is 2.07. The maximum atomic E-state index is 14.3. The molecular formula is C25H23FN4O3. The van der Waals surface area contributed by atoms with E-state index in [0.717, 1.165) is 5.56 Å². The summed E-state index contributed by atoms with van der Waals surface area (Å²) in [6, 6.07) is 19.5. The highest BCUT2D eigenvalue weighted by atomic mass is 19.1. The fourth-order valence-corrected chi connectivity index (χ4v) is 3.82. The Morgan fingerprint density at radius 3 is 2.61 bits per heavy atom. The molecule has 168 valence electrons. The molecular weight excluding hydrogens is 423 g/mol. The van der Waals surface area contributed by atoms with E-state index in [9.17, 15) is 9.18 Å². The van der Waals surface area contributed by atoms with Crippen molar-refractivity contribution in [2.75, 3.05) is 18.0 Å². The number of carboxylic acid groups (broad SMARTS) is 1. The number of anilines is 1. The molecule has 0 saturated carbocycles. The number of benzene rings is 2. The lowest BCUT2D eigenvalue weighted by Crippen LogP contribution is -2.44. The van der Waals surface area contributed by atoms with Crippen molar-refractivity contribution in [3.8, 4) is 23.1 Å². The van der Waals surface area contributed by atoms with Crippen molar-refractivity contribution in [3.05, 3.63) is 77.6 Å². The summed E-state index contributed by atoms with van der Waals surface area (Å²) in [6.45, 7) is 1.62. The lowest BCUT2D eigenvalue weighted by atomic mass is 10.0. The highest BCUT2D eigenvalue weighted by molar-refractivity contribution is 5.66. The Bertz CT molecular complexity index is 1170. The van der Waals surface area contributed by atoms with Crippen LogP contribution in [0.4, 0.5) is 15.0 Å². The number of pyridine rings is 1. The zero-order valence-corrected chi connectivity index (χ0v) is 17.9. The molecule has 7 nitrogen and oxygen atoms in total. The maximum Gasteiger partial charge on any atom is 0.404 e. The van der Waals surface area contributed by atoms with Gasteiger partial charge in [0.15, 0.2) is 0 Å². The van der Waals surface area contributed by atoms with Gasteiger partial charge in [-0.2, -0.15) is 5.26 Å². The summed E-state index contributed by atoms with van der Waals surface area (Å²) in [6.07, 6.45) is 0.293. The number of ether oxygens (including phenoxy) is 1. The summed E-state index contributed by atoms with van der Waals surface area (Å²) >= 11 is 0. The molecule has 0 spiro atoms. The Kier molecular flexibility index (Phi) is 6.69. The first kappa shape index (κ1) is 22.1. The van der Waals surface area contributed by atoms with Gasteiger partial charge in [-0.25, -0.2) is 14.2 Å². The van der Waals surface area contributed by atoms with E-state index < -0.39 is 11.9 Å². The molecule has 1 aliphatic heterocycles. The molecule has 3 aromatic rings. The minimum absolute atomic E-state index is 0.0246. The van der Waals surface area contributed by atoms with E-state index >= 15 is 0 Å². The molecule has 8 heteroatoms. The lowest BCUT2D eigenvalue weighted by Gasteiger charge is -2.33. The van der Waals surface area contributed by atoms with Gasteiger partial charge in [0.2, 0.25) is 0 Å². The second kappa shape index (κ2) is 10.0. The zero-order chi connectivity index (χ0) is 23.2. The van der Waals surface area contributed by atoms with Crippen LogP contribution in [0.5, 0.6) is 5.75 Å². The van der Waals surface area contributed by atoms with Gasteiger partial charge in [-0.1, -0.05) is 36.4 Å². The van der Waals surface area contributed by atoms with E-state index in [2.05, 4.69) is 10.2 Å². The van der Waals surface area contributed by atoms with Crippen LogP contribution in [0.3, 0.4) is 0 Å². The third-order valence-corrected chi connectivity index (χ3v) is 5.57. The number of piperidine rings is 1. The highest BCUT2D eigenvalue weighted by Crippen LogP contribution is 2.30. The van der Waals surface area contributed by atoms with Gasteiger partial charge in [-0.15, -0.1) is 0 Å². The molecule has 0 unspecified atom stereocenters. The smallest absolute Gasteiger partial charge is 0.404 e. The number of carbonyl (C=O) groups is 1. The normalized spacial score (nSPS) is 13.9. The van der Waals surface area contributed by atoms with Crippen molar-refractivity contribution in [2.24, 2.45) is 0 Å². The molecule has 0 radical (unpaired) electrons. The van der Waals surface area contributed by atoms with E-state index in [1.165, 1.54) is 12.1 Å². The SMILES string of the molecule is N#Cc1ccc(-c2cc(OCc3ccccc3)cc(N3CCC(NC(=O)O)CC3)n2)cc1F. The number of rotatable bonds is 6. The number of nitrogens with one attached hydrogen (secondary N) is 1. The van der Waals surface area contributed by atoms with Crippen LogP contribution in [0.1, 0.15) is 24.0 Å². The molecule has 4 rings (SSSR count). The number of halogens is 1. The van der Waals surface area contributed by atoms with Crippen molar-refractivity contribution in [3.63, 3.8) is 0 Å². The summed E-state index contributed by atoms with van der Waals surface area (Å²) < 4.78 is 20.3. The molecule has 0 aliphatic carbocycles. The fourth-order valence-electron chi connectivity index (χ4n) is 3.82. The van der Waals surface area contributed by atoms with E-state index in [1.54, 1.807) is 12.1 Å². The Balaban J connectivity index is 1.61. The van der Waals surface area contributed by atoms with Crippen molar-refractivity contribution in [2.45, 2.75) is 25.5 Å². The second-order valence-corrected chi connectivity index (χ2v) is 7.84. The summed E-state index contributed by atoms with van der Waals surface area (Å²) in [4.78, 5) is 17.7. The highest BCUT2D eigenvalue weighted by Gasteiger charge is 2.22. The predicted molar refractivity (Wildman–Crippen MR) is 122 cm³/mol. The Morgan fingerprint density at radius 1 is 1.18 bits per heavy atom. The first-order valence-electron chi connectivity index (χ1n) is 10.6. The van der Waals surface area contributed by atoms with Crippen LogP contribution in [-0.4, -0.2) is 35.3 Å². The van der Waals surface area contributed by atoms with Gasteiger partial charge in [0.1, 0.15) is 30.1 Å². The molecule has 2 aromatic carbocycles. The number of aromatic nitrogens is 1. The van der Waals surface area contributed by atoms with Crippen LogP contribution in [-0.2, 0) is 6.61 Å². The van der Waals surface area contributed by atoms with Crippen molar-refractivity contribution >= 4 is 11.9 Å². The van der Waals surface area contributed by atoms with E-state index in [1.807, 2.05) is 42.5 Å². The number of nitrogens with zero attached hydrogens (tertiary/aromatic N) is 3. The van der Waals surface area contributed by atoms with Gasteiger partial charge in [0.05, 0.1) is 11.3 Å². The molecule has 1 saturated heterocycles. The largest absolute Gasteiger partial charge is 0.489 e. The molecule has 1 aromatic heterocycles. The van der Waals surface area contributed by atoms with Crippen LogP contribution < -0.4 is 15.0 Å². The van der Waals surface area contributed by atoms with E-state index in [0.29, 0.717) is 55.4 Å². The molecule has 33 heavy (non-hydrogen) atoms. The Labute approximate surface area is 191 Å². The fraction of sp³-hybridized carbons (Fsp3) is 0.240. The van der Waals surface area contributed by atoms with Crippen molar-refractivity contribution in [1.82, 2.24) is 10.3 Å². The van der Waals surface area contributed by atoms with Crippen LogP contribution in [0, 0.1) is 17.1 Å². The summed E-state index contributed by atoms with van der Waals surface area (Å²) in [5.74, 6) is 0.665. The average Bonchev–Trinajstić information content (AvgIpc) is 2.83. The summed E-state index contributed by atoms with van der Waals surface area (Å²) in [5, 5.41) is 20.5. The number of hydrogen-bond acceptors (Lipinski definition) is 5. The third-order valence-electron chi connectivity index (χ3n) is 5.57. The van der Waals surface area contributed by atoms with Gasteiger partial charge in [-0.05, 0) is 30.5 Å². The standard InChI is InChI=1S/C25H23FN4O3/c26-22-12-18(6-7-19(22)15-27)23-13-21(33-16-17-4-2-1-3-5-17)14-24(29-23)30-10-8-20(9-11-30)28-25(31)32/h1-7,12-14,20,28H,8-11,16H2,(H,31,32). The van der Waals surface area contributed by atoms with Gasteiger partial charge >= 0.3 is 6.09 Å². The van der Waals surface area contributed by atoms with Crippen LogP contribution in [0.25, 0.3) is 11.3 Å². The second-order valence-electron chi connectivity index (χ2n) is 7.84. The van der Waals surface area contributed by atoms with E-state index in [-0.39, 0.29) is 11.6 Å². The Hall–Kier alpha value is -4.12. The first-order chi connectivity index (χ1) is 16.0. The molecule has 1 amide bonds. The Morgan fingerprint density at radius 2 is 1.94 bits per heavy atom. The van der Waals surface area contributed by atoms with Crippen LogP contribution >= 0.6 is 0 Å². The number of amides is 1.